The van der Waals surface area contributed by atoms with Crippen LogP contribution in [0.25, 0.3) is 10.2 Å². The second kappa shape index (κ2) is 7.93. The molecule has 0 unspecified atom stereocenters. The van der Waals surface area contributed by atoms with Crippen LogP contribution in [0.15, 0.2) is 67.0 Å². The summed E-state index contributed by atoms with van der Waals surface area (Å²) in [7, 11) is 0. The lowest BCUT2D eigenvalue weighted by atomic mass is 10.1. The minimum atomic E-state index is -0.166. The number of aryl methyl sites for hydroxylation is 1. The lowest BCUT2D eigenvalue weighted by molar-refractivity contribution is 0.0981. The second-order valence-electron chi connectivity index (χ2n) is 6.80. The van der Waals surface area contributed by atoms with Crippen LogP contribution in [-0.4, -0.2) is 21.7 Å². The molecule has 29 heavy (non-hydrogen) atoms. The van der Waals surface area contributed by atoms with Crippen LogP contribution in [0.2, 0.25) is 0 Å². The van der Waals surface area contributed by atoms with Crippen LogP contribution in [0, 0.1) is 6.92 Å². The third-order valence-electron chi connectivity index (χ3n) is 4.69. The summed E-state index contributed by atoms with van der Waals surface area (Å²) in [6.45, 7) is 3.88. The molecule has 0 saturated carbocycles. The molecule has 0 aliphatic rings. The molecule has 0 aliphatic carbocycles. The molecule has 1 amide bonds. The number of benzene rings is 2. The largest absolute Gasteiger partial charge is 0.295 e. The van der Waals surface area contributed by atoms with E-state index in [1.165, 1.54) is 18.3 Å². The number of carbonyl (C=O) groups excluding carboxylic acids is 2. The Bertz CT molecular complexity index is 1180. The van der Waals surface area contributed by atoms with Gasteiger partial charge in [0.05, 0.1) is 16.8 Å². The number of hydrogen-bond acceptors (Lipinski definition) is 5. The lowest BCUT2D eigenvalue weighted by Crippen LogP contribution is -2.30. The van der Waals surface area contributed by atoms with Gasteiger partial charge in [0.1, 0.15) is 0 Å². The zero-order valence-electron chi connectivity index (χ0n) is 16.1. The minimum absolute atomic E-state index is 0.0298. The molecule has 0 radical (unpaired) electrons. The molecule has 2 aromatic heterocycles. The number of amides is 1. The number of anilines is 1. The third kappa shape index (κ3) is 3.93. The van der Waals surface area contributed by atoms with E-state index in [2.05, 4.69) is 4.98 Å². The van der Waals surface area contributed by atoms with Gasteiger partial charge in [0.2, 0.25) is 0 Å². The van der Waals surface area contributed by atoms with Gasteiger partial charge < -0.3 is 0 Å². The molecule has 4 rings (SSSR count). The Morgan fingerprint density at radius 3 is 2.41 bits per heavy atom. The van der Waals surface area contributed by atoms with Crippen LogP contribution in [0.3, 0.4) is 0 Å². The van der Waals surface area contributed by atoms with Crippen molar-refractivity contribution in [2.45, 2.75) is 20.4 Å². The number of carbonyl (C=O) groups is 2. The first-order valence-corrected chi connectivity index (χ1v) is 10.0. The standard InChI is InChI=1S/C23H19N3O2S/c1-15-5-3-7-20-21(15)25-23(29-20)26(14-17-6-4-12-24-13-17)22(28)19-10-8-18(9-11-19)16(2)27/h3-13H,14H2,1-2H3. The zero-order chi connectivity index (χ0) is 20.4. The fourth-order valence-corrected chi connectivity index (χ4v) is 4.14. The molecule has 0 saturated heterocycles. The van der Waals surface area contributed by atoms with E-state index < -0.39 is 0 Å². The molecule has 0 N–H and O–H groups in total. The van der Waals surface area contributed by atoms with Crippen LogP contribution in [0.4, 0.5) is 5.13 Å². The number of rotatable bonds is 5. The number of thiazole rings is 1. The predicted octanol–water partition coefficient (Wildman–Crippen LogP) is 5.05. The Kier molecular flexibility index (Phi) is 5.18. The van der Waals surface area contributed by atoms with Crippen molar-refractivity contribution in [1.29, 1.82) is 0 Å². The van der Waals surface area contributed by atoms with Crippen molar-refractivity contribution in [3.8, 4) is 0 Å². The summed E-state index contributed by atoms with van der Waals surface area (Å²) in [6, 6.07) is 16.5. The first-order chi connectivity index (χ1) is 14.0. The molecular weight excluding hydrogens is 382 g/mol. The fourth-order valence-electron chi connectivity index (χ4n) is 3.09. The van der Waals surface area contributed by atoms with E-state index in [-0.39, 0.29) is 11.7 Å². The monoisotopic (exact) mass is 401 g/mol. The molecule has 0 atom stereocenters. The smallest absolute Gasteiger partial charge is 0.260 e. The van der Waals surface area contributed by atoms with Crippen molar-refractivity contribution < 1.29 is 9.59 Å². The van der Waals surface area contributed by atoms with Crippen molar-refractivity contribution in [2.24, 2.45) is 0 Å². The Morgan fingerprint density at radius 1 is 1.00 bits per heavy atom. The van der Waals surface area contributed by atoms with Gasteiger partial charge in [-0.2, -0.15) is 0 Å². The first-order valence-electron chi connectivity index (χ1n) is 9.21. The first kappa shape index (κ1) is 19.0. The molecule has 2 heterocycles. The Balaban J connectivity index is 1.75. The quantitative estimate of drug-likeness (QED) is 0.439. The minimum Gasteiger partial charge on any atom is -0.295 e. The maximum Gasteiger partial charge on any atom is 0.260 e. The van der Waals surface area contributed by atoms with E-state index in [1.54, 1.807) is 41.6 Å². The van der Waals surface area contributed by atoms with E-state index in [1.807, 2.05) is 37.3 Å². The predicted molar refractivity (Wildman–Crippen MR) is 116 cm³/mol. The molecule has 0 spiro atoms. The topological polar surface area (TPSA) is 63.2 Å². The molecule has 5 nitrogen and oxygen atoms in total. The number of Topliss-reactive ketones (excluding diaryl/α,β-unsaturated/α-hetero) is 1. The molecule has 4 aromatic rings. The van der Waals surface area contributed by atoms with Gasteiger partial charge in [-0.15, -0.1) is 0 Å². The summed E-state index contributed by atoms with van der Waals surface area (Å²) in [4.78, 5) is 35.5. The van der Waals surface area contributed by atoms with Crippen LogP contribution < -0.4 is 4.90 Å². The molecule has 6 heteroatoms. The highest BCUT2D eigenvalue weighted by Gasteiger charge is 2.22. The van der Waals surface area contributed by atoms with Crippen LogP contribution in [0.5, 0.6) is 0 Å². The summed E-state index contributed by atoms with van der Waals surface area (Å²) < 4.78 is 1.04. The Labute approximate surface area is 172 Å². The highest BCUT2D eigenvalue weighted by atomic mass is 32.1. The van der Waals surface area contributed by atoms with E-state index in [0.717, 1.165) is 21.3 Å². The van der Waals surface area contributed by atoms with Crippen molar-refractivity contribution in [2.75, 3.05) is 4.90 Å². The van der Waals surface area contributed by atoms with Crippen molar-refractivity contribution in [1.82, 2.24) is 9.97 Å². The van der Waals surface area contributed by atoms with Crippen molar-refractivity contribution in [3.63, 3.8) is 0 Å². The molecule has 144 valence electrons. The van der Waals surface area contributed by atoms with Gasteiger partial charge in [-0.3, -0.25) is 19.5 Å². The fraction of sp³-hybridized carbons (Fsp3) is 0.130. The summed E-state index contributed by atoms with van der Waals surface area (Å²) >= 11 is 1.49. The number of aromatic nitrogens is 2. The number of hydrogen-bond donors (Lipinski definition) is 0. The second-order valence-corrected chi connectivity index (χ2v) is 7.81. The SMILES string of the molecule is CC(=O)c1ccc(C(=O)N(Cc2cccnc2)c2nc3c(C)cccc3s2)cc1. The third-order valence-corrected chi connectivity index (χ3v) is 5.73. The van der Waals surface area contributed by atoms with Crippen LogP contribution >= 0.6 is 11.3 Å². The van der Waals surface area contributed by atoms with E-state index >= 15 is 0 Å². The van der Waals surface area contributed by atoms with Gasteiger partial charge in [-0.05, 0) is 49.2 Å². The van der Waals surface area contributed by atoms with Gasteiger partial charge in [0, 0.05) is 23.5 Å². The van der Waals surface area contributed by atoms with Gasteiger partial charge in [-0.1, -0.05) is 41.7 Å². The Morgan fingerprint density at radius 2 is 1.76 bits per heavy atom. The van der Waals surface area contributed by atoms with Crippen molar-refractivity contribution in [3.05, 3.63) is 89.2 Å². The van der Waals surface area contributed by atoms with E-state index in [4.69, 9.17) is 4.98 Å². The maximum atomic E-state index is 13.4. The Hall–Kier alpha value is -3.38. The number of pyridine rings is 1. The van der Waals surface area contributed by atoms with E-state index in [9.17, 15) is 9.59 Å². The summed E-state index contributed by atoms with van der Waals surface area (Å²) in [6.07, 6.45) is 3.45. The van der Waals surface area contributed by atoms with Gasteiger partial charge in [0.15, 0.2) is 10.9 Å². The summed E-state index contributed by atoms with van der Waals surface area (Å²) in [5, 5.41) is 0.638. The number of nitrogens with zero attached hydrogens (tertiary/aromatic N) is 3. The lowest BCUT2D eigenvalue weighted by Gasteiger charge is -2.20. The maximum absolute atomic E-state index is 13.4. The normalized spacial score (nSPS) is 10.8. The molecule has 0 fully saturated rings. The number of fused-ring (bicyclic) bond motifs is 1. The van der Waals surface area contributed by atoms with Gasteiger partial charge in [0.25, 0.3) is 5.91 Å². The average molecular weight is 401 g/mol. The molecule has 0 bridgehead atoms. The molecule has 0 aliphatic heterocycles. The van der Waals surface area contributed by atoms with Crippen LogP contribution in [-0.2, 0) is 6.54 Å². The van der Waals surface area contributed by atoms with Crippen LogP contribution in [0.1, 0.15) is 38.8 Å². The molecular formula is C23H19N3O2S. The summed E-state index contributed by atoms with van der Waals surface area (Å²) in [5.41, 5.74) is 3.98. The zero-order valence-corrected chi connectivity index (χ0v) is 16.9. The number of ketones is 1. The summed E-state index contributed by atoms with van der Waals surface area (Å²) in [5.74, 6) is -0.196. The highest BCUT2D eigenvalue weighted by molar-refractivity contribution is 7.22. The van der Waals surface area contributed by atoms with E-state index in [0.29, 0.717) is 22.8 Å². The number of para-hydroxylation sites is 1. The van der Waals surface area contributed by atoms with Gasteiger partial charge in [-0.25, -0.2) is 4.98 Å². The van der Waals surface area contributed by atoms with Gasteiger partial charge >= 0.3 is 0 Å². The highest BCUT2D eigenvalue weighted by Crippen LogP contribution is 2.32. The molecule has 2 aromatic carbocycles. The van der Waals surface area contributed by atoms with Crippen molar-refractivity contribution >= 4 is 38.4 Å². The average Bonchev–Trinajstić information content (AvgIpc) is 3.18.